The summed E-state index contributed by atoms with van der Waals surface area (Å²) < 4.78 is 0. The van der Waals surface area contributed by atoms with E-state index in [1.54, 1.807) is 17.8 Å². The van der Waals surface area contributed by atoms with Crippen LogP contribution in [-0.4, -0.2) is 12.3 Å². The number of halogens is 2. The van der Waals surface area contributed by atoms with Crippen molar-refractivity contribution in [1.82, 2.24) is 0 Å². The molecule has 0 saturated heterocycles. The van der Waals surface area contributed by atoms with Crippen molar-refractivity contribution < 1.29 is 29.7 Å². The molecule has 0 amide bonds. The van der Waals surface area contributed by atoms with Crippen molar-refractivity contribution >= 4 is 46.8 Å². The maximum atomic E-state index is 4.53. The molecule has 0 nitrogen and oxygen atoms in total. The molecule has 4 aromatic carbocycles. The van der Waals surface area contributed by atoms with Crippen LogP contribution in [0, 0.1) is 29.6 Å². The van der Waals surface area contributed by atoms with E-state index < -0.39 is 0 Å². The van der Waals surface area contributed by atoms with Crippen LogP contribution in [0.5, 0.6) is 0 Å². The molecule has 4 aromatic rings. The minimum atomic E-state index is -0.326. The topological polar surface area (TPSA) is 0 Å². The van der Waals surface area contributed by atoms with Crippen LogP contribution in [0.25, 0.3) is 0 Å². The molecule has 0 aliphatic heterocycles. The molecule has 0 bridgehead atoms. The molecule has 1 fully saturated rings. The third-order valence-electron chi connectivity index (χ3n) is 8.26. The van der Waals surface area contributed by atoms with Gasteiger partial charge in [0.05, 0.1) is 0 Å². The molecule has 1 aliphatic carbocycles. The van der Waals surface area contributed by atoms with E-state index in [9.17, 15) is 0 Å². The Morgan fingerprint density at radius 3 is 0.953 bits per heavy atom. The second kappa shape index (κ2) is 19.5. The van der Waals surface area contributed by atoms with Gasteiger partial charge in [-0.2, -0.15) is 0 Å². The van der Waals surface area contributed by atoms with Gasteiger partial charge in [-0.1, -0.05) is 142 Å². The molecule has 5 heteroatoms. The van der Waals surface area contributed by atoms with Gasteiger partial charge in [0.15, 0.2) is 0 Å². The van der Waals surface area contributed by atoms with Crippen LogP contribution in [0.4, 0.5) is 0 Å². The van der Waals surface area contributed by atoms with Gasteiger partial charge in [-0.3, -0.25) is 0 Å². The Morgan fingerprint density at radius 2 is 0.698 bits per heavy atom. The summed E-state index contributed by atoms with van der Waals surface area (Å²) in [5.74, 6) is 7.84. The van der Waals surface area contributed by atoms with Crippen LogP contribution in [0.3, 0.4) is 0 Å². The van der Waals surface area contributed by atoms with Crippen LogP contribution in [0.2, 0.25) is 0 Å². The van der Waals surface area contributed by atoms with E-state index in [1.807, 2.05) is 17.3 Å². The van der Waals surface area contributed by atoms with Gasteiger partial charge in [0.1, 0.15) is 0 Å². The molecule has 43 heavy (non-hydrogen) atoms. The van der Waals surface area contributed by atoms with Gasteiger partial charge in [-0.15, -0.1) is 0 Å². The van der Waals surface area contributed by atoms with Gasteiger partial charge in [0, 0.05) is 0 Å². The summed E-state index contributed by atoms with van der Waals surface area (Å²) in [4.78, 5) is 0. The van der Waals surface area contributed by atoms with Gasteiger partial charge < -0.3 is 12.4 Å². The Bertz CT molecular complexity index is 1100. The van der Waals surface area contributed by atoms with Gasteiger partial charge >= 0.3 is 27.0 Å². The van der Waals surface area contributed by atoms with Gasteiger partial charge in [0.2, 0.25) is 0 Å². The number of rotatable bonds is 12. The zero-order valence-corrected chi connectivity index (χ0v) is 30.2. The average Bonchev–Trinajstić information content (AvgIpc) is 3.26. The van der Waals surface area contributed by atoms with Crippen LogP contribution >= 0.6 is 25.5 Å². The van der Waals surface area contributed by atoms with Crippen LogP contribution < -0.4 is 33.6 Å². The Balaban J connectivity index is 0.00000165. The molecule has 0 aromatic heterocycles. The number of hydrogen-bond acceptors (Lipinski definition) is 0. The first-order valence-corrected chi connectivity index (χ1v) is 19.9. The van der Waals surface area contributed by atoms with Crippen LogP contribution in [0.1, 0.15) is 46.5 Å². The van der Waals surface area contributed by atoms with E-state index in [2.05, 4.69) is 152 Å². The third-order valence-corrected chi connectivity index (χ3v) is 13.5. The SMILES string of the molecule is C[C]1[C](C)[C](CCCP(c2ccccc2)c2ccccc2)[C](C)[C]1CCCP(c1ccccc1)c1ccccc1.[Cl-].[Cl][Rh+2]. The summed E-state index contributed by atoms with van der Waals surface area (Å²) in [5, 5.41) is 5.96. The molecule has 0 N–H and O–H groups in total. The average molecular weight is 734 g/mol. The second-order valence-electron chi connectivity index (χ2n) is 10.7. The van der Waals surface area contributed by atoms with Crippen molar-refractivity contribution in [1.29, 1.82) is 0 Å². The van der Waals surface area contributed by atoms with Crippen LogP contribution in [-0.2, 0) is 17.3 Å². The predicted molar refractivity (Wildman–Crippen MR) is 185 cm³/mol. The molecular formula is C38H41Cl2P2Rh+. The monoisotopic (exact) mass is 732 g/mol. The zero-order chi connectivity index (χ0) is 29.7. The standard InChI is InChI=1S/C38H41P2.2ClH.Rh/c1-30-31(2)38(27-17-29-40(35-22-12-6-13-23-35)36-24-14-7-15-25-36)32(3)37(30)26-16-28-39(33-18-8-4-9-19-33)34-20-10-5-11-21-34;;;/h4-15,18-25H,16-17,26-29H2,1-3H3;2*1H;/q;;;+3/p-2. The van der Waals surface area contributed by atoms with Crippen molar-refractivity contribution in [2.45, 2.75) is 46.5 Å². The third kappa shape index (κ3) is 9.96. The molecule has 1 saturated carbocycles. The van der Waals surface area contributed by atoms with Crippen LogP contribution in [0.15, 0.2) is 121 Å². The molecule has 0 unspecified atom stereocenters. The Kier molecular flexibility index (Phi) is 16.5. The summed E-state index contributed by atoms with van der Waals surface area (Å²) >= 11 is 2.02. The van der Waals surface area contributed by atoms with E-state index in [4.69, 9.17) is 0 Å². The molecule has 5 rings (SSSR count). The predicted octanol–water partition coefficient (Wildman–Crippen LogP) is 6.45. The van der Waals surface area contributed by atoms with Crippen molar-refractivity contribution in [3.05, 3.63) is 151 Å². The molecule has 0 spiro atoms. The molecule has 225 valence electrons. The molecule has 0 heterocycles. The number of hydrogen-bond donors (Lipinski definition) is 0. The summed E-state index contributed by atoms with van der Waals surface area (Å²) in [6.45, 7) is 7.11. The molecular weight excluding hydrogens is 692 g/mol. The fraction of sp³-hybridized carbons (Fsp3) is 0.237. The zero-order valence-electron chi connectivity index (χ0n) is 25.3. The Morgan fingerprint density at radius 1 is 0.442 bits per heavy atom. The van der Waals surface area contributed by atoms with Crippen molar-refractivity contribution in [3.8, 4) is 0 Å². The van der Waals surface area contributed by atoms with Gasteiger partial charge in [-0.05, 0) is 105 Å². The van der Waals surface area contributed by atoms with E-state index in [-0.39, 0.29) is 28.3 Å². The second-order valence-corrected chi connectivity index (χ2v) is 15.4. The molecule has 5 radical (unpaired) electrons. The number of benzene rings is 4. The first kappa shape index (κ1) is 36.4. The Labute approximate surface area is 284 Å². The fourth-order valence-electron chi connectivity index (χ4n) is 6.02. The molecule has 1 aliphatic rings. The first-order valence-electron chi connectivity index (χ1n) is 14.8. The fourth-order valence-corrected chi connectivity index (χ4v) is 10.7. The van der Waals surface area contributed by atoms with E-state index >= 15 is 0 Å². The summed E-state index contributed by atoms with van der Waals surface area (Å²) in [6, 6.07) is 44.6. The molecule has 0 atom stereocenters. The van der Waals surface area contributed by atoms with Crippen molar-refractivity contribution in [3.63, 3.8) is 0 Å². The van der Waals surface area contributed by atoms with Gasteiger partial charge in [-0.25, -0.2) is 0 Å². The van der Waals surface area contributed by atoms with E-state index in [0.717, 1.165) is 0 Å². The van der Waals surface area contributed by atoms with Gasteiger partial charge in [0.25, 0.3) is 0 Å². The Hall–Kier alpha value is -1.06. The van der Waals surface area contributed by atoms with E-state index in [1.165, 1.54) is 71.1 Å². The summed E-state index contributed by atoms with van der Waals surface area (Å²) in [5.41, 5.74) is 0. The summed E-state index contributed by atoms with van der Waals surface area (Å²) in [6.07, 6.45) is 7.29. The normalized spacial score (nSPS) is 15.0. The summed E-state index contributed by atoms with van der Waals surface area (Å²) in [7, 11) is 3.88. The maximum absolute atomic E-state index is 4.53. The van der Waals surface area contributed by atoms with E-state index in [0.29, 0.717) is 0 Å². The van der Waals surface area contributed by atoms with Crippen molar-refractivity contribution in [2.24, 2.45) is 0 Å². The minimum absolute atomic E-state index is 0. The van der Waals surface area contributed by atoms with Crippen molar-refractivity contribution in [2.75, 3.05) is 12.3 Å². The quantitative estimate of drug-likeness (QED) is 0.116. The first-order chi connectivity index (χ1) is 20.6.